The Morgan fingerprint density at radius 1 is 1.03 bits per heavy atom. The molecular formula is C24H21F3N2O2. The molecule has 2 aliphatic heterocycles. The Morgan fingerprint density at radius 2 is 1.71 bits per heavy atom. The van der Waals surface area contributed by atoms with E-state index in [1.54, 1.807) is 56.1 Å². The number of halogens is 3. The predicted octanol–water partition coefficient (Wildman–Crippen LogP) is 6.00. The van der Waals surface area contributed by atoms with E-state index < -0.39 is 23.0 Å². The number of nitrogens with zero attached hydrogens (tertiary/aromatic N) is 2. The lowest BCUT2D eigenvalue weighted by atomic mass is 9.74. The monoisotopic (exact) mass is 426 g/mol. The summed E-state index contributed by atoms with van der Waals surface area (Å²) >= 11 is 0. The van der Waals surface area contributed by atoms with Crippen molar-refractivity contribution in [1.82, 2.24) is 0 Å². The van der Waals surface area contributed by atoms with Crippen LogP contribution in [0.3, 0.4) is 0 Å². The number of benzene rings is 3. The number of hydrogen-bond acceptors (Lipinski definition) is 4. The lowest BCUT2D eigenvalue weighted by Gasteiger charge is -2.48. The van der Waals surface area contributed by atoms with Crippen molar-refractivity contribution in [2.45, 2.75) is 31.2 Å². The minimum atomic E-state index is -4.71. The summed E-state index contributed by atoms with van der Waals surface area (Å²) in [7, 11) is 3.09. The Labute approximate surface area is 177 Å². The maximum Gasteiger partial charge on any atom is 0.435 e. The summed E-state index contributed by atoms with van der Waals surface area (Å²) in [4.78, 5) is 5.81. The van der Waals surface area contributed by atoms with E-state index in [2.05, 4.69) is 4.99 Å². The molecule has 0 radical (unpaired) electrons. The largest absolute Gasteiger partial charge is 0.493 e. The van der Waals surface area contributed by atoms with E-state index in [0.29, 0.717) is 16.8 Å². The second-order valence-electron chi connectivity index (χ2n) is 8.38. The van der Waals surface area contributed by atoms with Gasteiger partial charge >= 0.3 is 6.18 Å². The van der Waals surface area contributed by atoms with Gasteiger partial charge < -0.3 is 14.4 Å². The Morgan fingerprint density at radius 3 is 2.39 bits per heavy atom. The fourth-order valence-electron chi connectivity index (χ4n) is 5.00. The van der Waals surface area contributed by atoms with Gasteiger partial charge in [-0.1, -0.05) is 42.5 Å². The van der Waals surface area contributed by atoms with Crippen LogP contribution >= 0.6 is 0 Å². The van der Waals surface area contributed by atoms with Gasteiger partial charge in [-0.25, -0.2) is 4.99 Å². The maximum absolute atomic E-state index is 14.6. The van der Waals surface area contributed by atoms with Crippen LogP contribution in [0.1, 0.15) is 19.4 Å². The molecule has 1 spiro atoms. The number of alkyl halides is 3. The highest BCUT2D eigenvalue weighted by Gasteiger charge is 2.68. The third-order valence-electron chi connectivity index (χ3n) is 6.48. The molecule has 31 heavy (non-hydrogen) atoms. The molecule has 7 heteroatoms. The van der Waals surface area contributed by atoms with Crippen molar-refractivity contribution in [3.8, 4) is 11.5 Å². The van der Waals surface area contributed by atoms with Gasteiger partial charge in [-0.3, -0.25) is 0 Å². The average molecular weight is 426 g/mol. The lowest BCUT2D eigenvalue weighted by molar-refractivity contribution is -0.0790. The Hall–Kier alpha value is -3.22. The number of methoxy groups -OCH3 is 1. The van der Waals surface area contributed by atoms with E-state index in [1.807, 2.05) is 24.3 Å². The van der Waals surface area contributed by atoms with Gasteiger partial charge in [-0.2, -0.15) is 13.2 Å². The second-order valence-corrected chi connectivity index (χ2v) is 8.38. The van der Waals surface area contributed by atoms with E-state index in [4.69, 9.17) is 9.47 Å². The minimum Gasteiger partial charge on any atom is -0.493 e. The smallest absolute Gasteiger partial charge is 0.435 e. The molecule has 3 aromatic rings. The molecule has 160 valence electrons. The van der Waals surface area contributed by atoms with Gasteiger partial charge in [0.25, 0.3) is 0 Å². The van der Waals surface area contributed by atoms with Crippen LogP contribution in [0.2, 0.25) is 0 Å². The summed E-state index contributed by atoms with van der Waals surface area (Å²) in [6.07, 6.45) is -4.71. The Bertz CT molecular complexity index is 1250. The number of aliphatic imine (C=N–C) groups is 1. The van der Waals surface area contributed by atoms with Crippen LogP contribution in [0.15, 0.2) is 59.6 Å². The first-order valence-corrected chi connectivity index (χ1v) is 9.91. The average Bonchev–Trinajstić information content (AvgIpc) is 2.91. The fourth-order valence-corrected chi connectivity index (χ4v) is 5.00. The molecule has 0 saturated heterocycles. The molecule has 0 amide bonds. The van der Waals surface area contributed by atoms with Crippen molar-refractivity contribution in [3.63, 3.8) is 0 Å². The van der Waals surface area contributed by atoms with Crippen LogP contribution < -0.4 is 14.4 Å². The van der Waals surface area contributed by atoms with Crippen molar-refractivity contribution in [2.24, 2.45) is 4.99 Å². The van der Waals surface area contributed by atoms with Gasteiger partial charge in [0.1, 0.15) is 5.69 Å². The molecule has 3 aromatic carbocycles. The first kappa shape index (κ1) is 19.7. The van der Waals surface area contributed by atoms with Gasteiger partial charge in [0.15, 0.2) is 17.2 Å². The molecule has 0 N–H and O–H groups in total. The van der Waals surface area contributed by atoms with Crippen LogP contribution in [0.25, 0.3) is 10.8 Å². The zero-order chi connectivity index (χ0) is 22.2. The summed E-state index contributed by atoms with van der Waals surface area (Å²) < 4.78 is 55.7. The number of para-hydroxylation sites is 1. The first-order chi connectivity index (χ1) is 14.6. The van der Waals surface area contributed by atoms with Crippen LogP contribution in [-0.2, 0) is 5.41 Å². The van der Waals surface area contributed by atoms with Crippen molar-refractivity contribution in [3.05, 3.63) is 60.2 Å². The molecule has 0 aromatic heterocycles. The zero-order valence-electron chi connectivity index (χ0n) is 17.5. The summed E-state index contributed by atoms with van der Waals surface area (Å²) in [5.41, 5.74) is -2.36. The van der Waals surface area contributed by atoms with Gasteiger partial charge in [0, 0.05) is 18.1 Å². The number of likely N-dealkylation sites (N-methyl/N-ethyl adjacent to an activating group) is 1. The standard InChI is InChI=1S/C24H21F3N2O2/c1-22(2)16-11-7-8-12-17(16)29(3)23(22)21(24(25,26)27)28-19-15-10-6-5-9-14(15)13-18(30-4)20(19)31-23/h5-13H,1-4H3. The summed E-state index contributed by atoms with van der Waals surface area (Å²) in [6, 6.07) is 16.2. The van der Waals surface area contributed by atoms with Crippen molar-refractivity contribution in [2.75, 3.05) is 19.1 Å². The zero-order valence-corrected chi connectivity index (χ0v) is 17.5. The summed E-state index contributed by atoms with van der Waals surface area (Å²) in [6.45, 7) is 3.52. The highest BCUT2D eigenvalue weighted by molar-refractivity contribution is 6.10. The minimum absolute atomic E-state index is 0.132. The van der Waals surface area contributed by atoms with E-state index in [9.17, 15) is 13.2 Å². The third-order valence-corrected chi connectivity index (χ3v) is 6.48. The number of hydrogen-bond donors (Lipinski definition) is 0. The molecule has 1 atom stereocenters. The van der Waals surface area contributed by atoms with E-state index in [-0.39, 0.29) is 11.4 Å². The van der Waals surface area contributed by atoms with Gasteiger partial charge in [-0.05, 0) is 36.9 Å². The van der Waals surface area contributed by atoms with Crippen LogP contribution in [0.4, 0.5) is 24.5 Å². The quantitative estimate of drug-likeness (QED) is 0.479. The topological polar surface area (TPSA) is 34.1 Å². The number of ether oxygens (including phenoxy) is 2. The van der Waals surface area contributed by atoms with Crippen molar-refractivity contribution in [1.29, 1.82) is 0 Å². The van der Waals surface area contributed by atoms with Crippen LogP contribution in [-0.4, -0.2) is 31.8 Å². The van der Waals surface area contributed by atoms with E-state index in [1.165, 1.54) is 7.11 Å². The van der Waals surface area contributed by atoms with Gasteiger partial charge in [0.05, 0.1) is 12.5 Å². The van der Waals surface area contributed by atoms with Crippen LogP contribution in [0.5, 0.6) is 11.5 Å². The number of fused-ring (bicyclic) bond motifs is 4. The van der Waals surface area contributed by atoms with Crippen molar-refractivity contribution >= 4 is 27.9 Å². The Balaban J connectivity index is 1.89. The molecule has 0 fully saturated rings. The van der Waals surface area contributed by atoms with E-state index >= 15 is 0 Å². The Kier molecular flexibility index (Phi) is 3.92. The molecule has 0 saturated carbocycles. The van der Waals surface area contributed by atoms with Gasteiger partial charge in [-0.15, -0.1) is 0 Å². The fraction of sp³-hybridized carbons (Fsp3) is 0.292. The molecule has 4 nitrogen and oxygen atoms in total. The summed E-state index contributed by atoms with van der Waals surface area (Å²) in [5.74, 6) is 0.556. The lowest BCUT2D eigenvalue weighted by Crippen LogP contribution is -2.68. The van der Waals surface area contributed by atoms with Gasteiger partial charge in [0.2, 0.25) is 5.72 Å². The molecule has 5 rings (SSSR count). The molecule has 0 bridgehead atoms. The molecule has 0 aliphatic carbocycles. The first-order valence-electron chi connectivity index (χ1n) is 9.91. The summed E-state index contributed by atoms with van der Waals surface area (Å²) in [5, 5.41) is 1.30. The highest BCUT2D eigenvalue weighted by atomic mass is 19.4. The normalized spacial score (nSPS) is 21.5. The molecule has 2 heterocycles. The SMILES string of the molecule is COc1cc2ccccc2c2c1OC1(C(C(F)(F)F)=N2)N(C)c2ccccc2C1(C)C. The maximum atomic E-state index is 14.6. The highest BCUT2D eigenvalue weighted by Crippen LogP contribution is 2.59. The van der Waals surface area contributed by atoms with Crippen molar-refractivity contribution < 1.29 is 22.6 Å². The van der Waals surface area contributed by atoms with Crippen LogP contribution in [0, 0.1) is 0 Å². The second kappa shape index (κ2) is 6.15. The van der Waals surface area contributed by atoms with E-state index in [0.717, 1.165) is 10.9 Å². The molecule has 2 aliphatic rings. The number of rotatable bonds is 1. The molecular weight excluding hydrogens is 405 g/mol. The third kappa shape index (κ3) is 2.40. The molecule has 1 unspecified atom stereocenters. The number of anilines is 1. The predicted molar refractivity (Wildman–Crippen MR) is 115 cm³/mol.